The zero-order valence-corrected chi connectivity index (χ0v) is 11.9. The van der Waals surface area contributed by atoms with Crippen LogP contribution in [0.3, 0.4) is 0 Å². The Kier molecular flexibility index (Phi) is 3.90. The first-order chi connectivity index (χ1) is 8.95. The van der Waals surface area contributed by atoms with Crippen molar-refractivity contribution in [1.29, 1.82) is 0 Å². The smallest absolute Gasteiger partial charge is 0.178 e. The molecule has 0 spiro atoms. The van der Waals surface area contributed by atoms with Crippen LogP contribution in [0.1, 0.15) is 33.3 Å². The van der Waals surface area contributed by atoms with Crippen molar-refractivity contribution in [3.63, 3.8) is 0 Å². The quantitative estimate of drug-likeness (QED) is 0.841. The summed E-state index contributed by atoms with van der Waals surface area (Å²) in [6.07, 6.45) is 0. The molecule has 0 atom stereocenters. The predicted octanol–water partition coefficient (Wildman–Crippen LogP) is 2.85. The lowest BCUT2D eigenvalue weighted by Crippen LogP contribution is -2.25. The minimum atomic E-state index is 0.132. The average molecular weight is 260 g/mol. The minimum Gasteiger partial charge on any atom is -0.465 e. The van der Waals surface area contributed by atoms with Crippen LogP contribution in [-0.2, 0) is 6.54 Å². The van der Waals surface area contributed by atoms with E-state index in [4.69, 9.17) is 4.42 Å². The maximum atomic E-state index is 12.2. The van der Waals surface area contributed by atoms with Crippen LogP contribution in [0.4, 0.5) is 0 Å². The van der Waals surface area contributed by atoms with Crippen molar-refractivity contribution in [1.82, 2.24) is 9.88 Å². The maximum absolute atomic E-state index is 12.2. The molecule has 0 aliphatic rings. The standard InChI is InChI=1S/C15H20N2O2/c1-10-7-14(12(3)16-10)15(18)9-17(4)8-13-6-5-11(2)19-13/h5-7,16H,8-9H2,1-4H3. The molecule has 102 valence electrons. The lowest BCUT2D eigenvalue weighted by Gasteiger charge is -2.13. The van der Waals surface area contributed by atoms with Gasteiger partial charge in [-0.1, -0.05) is 0 Å². The largest absolute Gasteiger partial charge is 0.465 e. The fourth-order valence-electron chi connectivity index (χ4n) is 2.24. The number of ketones is 1. The first-order valence-corrected chi connectivity index (χ1v) is 6.39. The zero-order chi connectivity index (χ0) is 14.0. The second kappa shape index (κ2) is 5.45. The van der Waals surface area contributed by atoms with Gasteiger partial charge in [-0.15, -0.1) is 0 Å². The van der Waals surface area contributed by atoms with Gasteiger partial charge in [-0.25, -0.2) is 0 Å². The summed E-state index contributed by atoms with van der Waals surface area (Å²) in [4.78, 5) is 17.3. The Balaban J connectivity index is 1.97. The Labute approximate surface area is 113 Å². The van der Waals surface area contributed by atoms with E-state index < -0.39 is 0 Å². The summed E-state index contributed by atoms with van der Waals surface area (Å²) >= 11 is 0. The van der Waals surface area contributed by atoms with Crippen molar-refractivity contribution in [2.45, 2.75) is 27.3 Å². The molecule has 4 nitrogen and oxygen atoms in total. The van der Waals surface area contributed by atoms with Gasteiger partial charge in [0.15, 0.2) is 5.78 Å². The topological polar surface area (TPSA) is 49.2 Å². The Hall–Kier alpha value is -1.81. The number of aromatic nitrogens is 1. The van der Waals surface area contributed by atoms with E-state index in [-0.39, 0.29) is 5.78 Å². The van der Waals surface area contributed by atoms with E-state index in [0.29, 0.717) is 13.1 Å². The number of hydrogen-bond donors (Lipinski definition) is 1. The number of aromatic amines is 1. The van der Waals surface area contributed by atoms with Crippen molar-refractivity contribution >= 4 is 5.78 Å². The molecular formula is C15H20N2O2. The molecule has 2 aromatic heterocycles. The number of nitrogens with zero attached hydrogens (tertiary/aromatic N) is 1. The third-order valence-electron chi connectivity index (χ3n) is 3.09. The van der Waals surface area contributed by atoms with Crippen molar-refractivity contribution < 1.29 is 9.21 Å². The lowest BCUT2D eigenvalue weighted by molar-refractivity contribution is 0.0939. The Morgan fingerprint density at radius 2 is 2.05 bits per heavy atom. The van der Waals surface area contributed by atoms with Crippen molar-refractivity contribution in [3.8, 4) is 0 Å². The zero-order valence-electron chi connectivity index (χ0n) is 11.9. The summed E-state index contributed by atoms with van der Waals surface area (Å²) in [5.74, 6) is 1.91. The molecule has 0 bridgehead atoms. The SMILES string of the molecule is Cc1cc(C(=O)CN(C)Cc2ccc(C)o2)c(C)[nH]1. The molecule has 0 aliphatic heterocycles. The van der Waals surface area contributed by atoms with Crippen LogP contribution in [0.25, 0.3) is 0 Å². The number of furan rings is 1. The molecular weight excluding hydrogens is 240 g/mol. The molecule has 0 saturated heterocycles. The Bertz CT molecular complexity index is 581. The van der Waals surface area contributed by atoms with Gasteiger partial charge < -0.3 is 9.40 Å². The molecule has 1 N–H and O–H groups in total. The highest BCUT2D eigenvalue weighted by molar-refractivity contribution is 5.98. The Morgan fingerprint density at radius 1 is 1.32 bits per heavy atom. The summed E-state index contributed by atoms with van der Waals surface area (Å²) in [6, 6.07) is 5.79. The minimum absolute atomic E-state index is 0.132. The number of nitrogens with one attached hydrogen (secondary N) is 1. The van der Waals surface area contributed by atoms with E-state index in [1.807, 2.05) is 50.9 Å². The van der Waals surface area contributed by atoms with Crippen molar-refractivity contribution in [3.05, 3.63) is 46.7 Å². The third-order valence-corrected chi connectivity index (χ3v) is 3.09. The predicted molar refractivity (Wildman–Crippen MR) is 74.4 cm³/mol. The van der Waals surface area contributed by atoms with Gasteiger partial charge in [-0.2, -0.15) is 0 Å². The van der Waals surface area contributed by atoms with Crippen LogP contribution in [0.15, 0.2) is 22.6 Å². The van der Waals surface area contributed by atoms with E-state index in [0.717, 1.165) is 28.5 Å². The van der Waals surface area contributed by atoms with E-state index >= 15 is 0 Å². The fourth-order valence-corrected chi connectivity index (χ4v) is 2.24. The lowest BCUT2D eigenvalue weighted by atomic mass is 10.1. The van der Waals surface area contributed by atoms with Gasteiger partial charge in [0.2, 0.25) is 0 Å². The van der Waals surface area contributed by atoms with E-state index in [9.17, 15) is 4.79 Å². The van der Waals surface area contributed by atoms with Crippen molar-refractivity contribution in [2.75, 3.05) is 13.6 Å². The highest BCUT2D eigenvalue weighted by Crippen LogP contribution is 2.12. The molecule has 0 aliphatic carbocycles. The van der Waals surface area contributed by atoms with E-state index in [2.05, 4.69) is 4.98 Å². The van der Waals surface area contributed by atoms with Gasteiger partial charge in [-0.3, -0.25) is 9.69 Å². The summed E-state index contributed by atoms with van der Waals surface area (Å²) < 4.78 is 5.51. The number of H-pyrrole nitrogens is 1. The third kappa shape index (κ3) is 3.35. The number of aryl methyl sites for hydroxylation is 3. The molecule has 0 fully saturated rings. The molecule has 0 aromatic carbocycles. The van der Waals surface area contributed by atoms with Gasteiger partial charge in [-0.05, 0) is 46.0 Å². The van der Waals surface area contributed by atoms with Gasteiger partial charge in [0.05, 0.1) is 13.1 Å². The second-order valence-corrected chi connectivity index (χ2v) is 5.10. The average Bonchev–Trinajstić information content (AvgIpc) is 2.84. The number of carbonyl (C=O) groups is 1. The summed E-state index contributed by atoms with van der Waals surface area (Å²) in [5.41, 5.74) is 2.73. The Morgan fingerprint density at radius 3 is 2.58 bits per heavy atom. The molecule has 4 heteroatoms. The van der Waals surface area contributed by atoms with E-state index in [1.165, 1.54) is 0 Å². The summed E-state index contributed by atoms with van der Waals surface area (Å²) in [6.45, 7) is 6.83. The number of likely N-dealkylation sites (N-methyl/N-ethyl adjacent to an activating group) is 1. The highest BCUT2D eigenvalue weighted by Gasteiger charge is 2.14. The van der Waals surface area contributed by atoms with Crippen LogP contribution < -0.4 is 0 Å². The van der Waals surface area contributed by atoms with Crippen LogP contribution in [0.5, 0.6) is 0 Å². The number of hydrogen-bond acceptors (Lipinski definition) is 3. The first kappa shape index (κ1) is 13.6. The number of Topliss-reactive ketones (excluding diaryl/α,β-unsaturated/α-hetero) is 1. The molecule has 0 saturated carbocycles. The highest BCUT2D eigenvalue weighted by atomic mass is 16.3. The van der Waals surface area contributed by atoms with Crippen LogP contribution in [-0.4, -0.2) is 29.3 Å². The monoisotopic (exact) mass is 260 g/mol. The molecule has 2 aromatic rings. The summed E-state index contributed by atoms with van der Waals surface area (Å²) in [5, 5.41) is 0. The molecule has 0 amide bonds. The molecule has 0 unspecified atom stereocenters. The van der Waals surface area contributed by atoms with Gasteiger partial charge in [0.25, 0.3) is 0 Å². The molecule has 2 heterocycles. The molecule has 2 rings (SSSR count). The van der Waals surface area contributed by atoms with Gasteiger partial charge in [0, 0.05) is 17.0 Å². The normalized spacial score (nSPS) is 11.2. The van der Waals surface area contributed by atoms with Crippen LogP contribution in [0, 0.1) is 20.8 Å². The fraction of sp³-hybridized carbons (Fsp3) is 0.400. The first-order valence-electron chi connectivity index (χ1n) is 6.39. The van der Waals surface area contributed by atoms with E-state index in [1.54, 1.807) is 0 Å². The van der Waals surface area contributed by atoms with Gasteiger partial charge in [0.1, 0.15) is 11.5 Å². The molecule has 19 heavy (non-hydrogen) atoms. The number of rotatable bonds is 5. The second-order valence-electron chi connectivity index (χ2n) is 5.10. The van der Waals surface area contributed by atoms with Gasteiger partial charge >= 0.3 is 0 Å². The van der Waals surface area contributed by atoms with Crippen LogP contribution >= 0.6 is 0 Å². The van der Waals surface area contributed by atoms with Crippen LogP contribution in [0.2, 0.25) is 0 Å². The summed E-state index contributed by atoms with van der Waals surface area (Å²) in [7, 11) is 1.92. The maximum Gasteiger partial charge on any atom is 0.178 e. The number of carbonyl (C=O) groups excluding carboxylic acids is 1. The molecule has 0 radical (unpaired) electrons. The van der Waals surface area contributed by atoms with Crippen molar-refractivity contribution in [2.24, 2.45) is 0 Å².